The molecule has 0 saturated carbocycles. The van der Waals surface area contributed by atoms with Crippen molar-refractivity contribution in [3.05, 3.63) is 28.8 Å². The smallest absolute Gasteiger partial charge is 0.416 e. The molecule has 0 aromatic heterocycles. The van der Waals surface area contributed by atoms with Crippen LogP contribution in [0.2, 0.25) is 0 Å². The number of alkyl halides is 3. The number of imide groups is 2. The summed E-state index contributed by atoms with van der Waals surface area (Å²) in [4.78, 5) is 50.0. The molecule has 1 aliphatic rings. The Kier molecular flexibility index (Phi) is 4.68. The molecule has 0 aliphatic carbocycles. The molecular formula is C16H16F3N3O5. The van der Waals surface area contributed by atoms with E-state index in [4.69, 9.17) is 10.5 Å². The predicted octanol–water partition coefficient (Wildman–Crippen LogP) is 0.976. The largest absolute Gasteiger partial charge is 0.458 e. The number of rotatable bonds is 3. The maximum Gasteiger partial charge on any atom is 0.416 e. The summed E-state index contributed by atoms with van der Waals surface area (Å²) in [5.74, 6) is -4.45. The lowest BCUT2D eigenvalue weighted by Crippen LogP contribution is -2.74. The van der Waals surface area contributed by atoms with Crippen molar-refractivity contribution >= 4 is 23.8 Å². The van der Waals surface area contributed by atoms with Crippen molar-refractivity contribution < 1.29 is 37.1 Å². The SMILES string of the molecule is Cc1cc(C(F)(F)F)cc(C)c1OC1(C(N)=O)C(=O)N(C)C(=O)N(C)C1=O. The first-order valence-corrected chi connectivity index (χ1v) is 7.52. The zero-order valence-corrected chi connectivity index (χ0v) is 14.8. The third-order valence-electron chi connectivity index (χ3n) is 4.18. The second kappa shape index (κ2) is 6.25. The summed E-state index contributed by atoms with van der Waals surface area (Å²) in [5.41, 5.74) is 1.21. The number of ether oxygens (including phenoxy) is 1. The number of urea groups is 1. The fourth-order valence-corrected chi connectivity index (χ4v) is 2.74. The Bertz CT molecular complexity index is 818. The van der Waals surface area contributed by atoms with Gasteiger partial charge in [-0.1, -0.05) is 0 Å². The van der Waals surface area contributed by atoms with E-state index in [2.05, 4.69) is 0 Å². The van der Waals surface area contributed by atoms with Gasteiger partial charge in [0.25, 0.3) is 17.7 Å². The highest BCUT2D eigenvalue weighted by Gasteiger charge is 2.63. The summed E-state index contributed by atoms with van der Waals surface area (Å²) in [6, 6.07) is 0.479. The summed E-state index contributed by atoms with van der Waals surface area (Å²) in [5, 5.41) is 0. The number of amides is 5. The van der Waals surface area contributed by atoms with Gasteiger partial charge in [0.2, 0.25) is 0 Å². The second-order valence-corrected chi connectivity index (χ2v) is 6.10. The normalized spacial score (nSPS) is 17.4. The topological polar surface area (TPSA) is 110 Å². The van der Waals surface area contributed by atoms with Crippen molar-refractivity contribution in [2.45, 2.75) is 25.6 Å². The Labute approximate surface area is 151 Å². The molecule has 1 fully saturated rings. The zero-order chi connectivity index (χ0) is 20.9. The number of hydrogen-bond acceptors (Lipinski definition) is 5. The van der Waals surface area contributed by atoms with Gasteiger partial charge in [-0.15, -0.1) is 0 Å². The summed E-state index contributed by atoms with van der Waals surface area (Å²) in [6.45, 7) is 2.51. The van der Waals surface area contributed by atoms with E-state index in [-0.39, 0.29) is 16.9 Å². The fraction of sp³-hybridized carbons (Fsp3) is 0.375. The van der Waals surface area contributed by atoms with Crippen LogP contribution in [-0.2, 0) is 20.6 Å². The third kappa shape index (κ3) is 2.98. The molecule has 1 aromatic rings. The van der Waals surface area contributed by atoms with E-state index in [1.165, 1.54) is 13.8 Å². The quantitative estimate of drug-likeness (QED) is 0.778. The number of carbonyl (C=O) groups excluding carboxylic acids is 4. The molecule has 0 unspecified atom stereocenters. The molecule has 5 amide bonds. The first kappa shape index (κ1) is 20.2. The summed E-state index contributed by atoms with van der Waals surface area (Å²) in [7, 11) is 2.03. The Morgan fingerprint density at radius 1 is 1.04 bits per heavy atom. The van der Waals surface area contributed by atoms with Crippen LogP contribution in [0.3, 0.4) is 0 Å². The van der Waals surface area contributed by atoms with Gasteiger partial charge in [0, 0.05) is 14.1 Å². The van der Waals surface area contributed by atoms with E-state index in [0.717, 1.165) is 26.2 Å². The first-order valence-electron chi connectivity index (χ1n) is 7.52. The van der Waals surface area contributed by atoms with Gasteiger partial charge in [-0.3, -0.25) is 24.2 Å². The van der Waals surface area contributed by atoms with Gasteiger partial charge < -0.3 is 10.5 Å². The number of nitrogens with two attached hydrogens (primary N) is 1. The molecule has 0 spiro atoms. The summed E-state index contributed by atoms with van der Waals surface area (Å²) in [6.07, 6.45) is -4.63. The third-order valence-corrected chi connectivity index (χ3v) is 4.18. The van der Waals surface area contributed by atoms with Gasteiger partial charge in [-0.2, -0.15) is 13.2 Å². The van der Waals surface area contributed by atoms with Gasteiger partial charge in [-0.25, -0.2) is 4.79 Å². The van der Waals surface area contributed by atoms with Crippen LogP contribution in [0.1, 0.15) is 16.7 Å². The summed E-state index contributed by atoms with van der Waals surface area (Å²) >= 11 is 0. The number of nitrogens with zero attached hydrogens (tertiary/aromatic N) is 2. The minimum Gasteiger partial charge on any atom is -0.458 e. The minimum absolute atomic E-state index is 0.0780. The van der Waals surface area contributed by atoms with Gasteiger partial charge in [0.15, 0.2) is 0 Å². The molecule has 2 rings (SSSR count). The van der Waals surface area contributed by atoms with Crippen LogP contribution in [-0.4, -0.2) is 53.2 Å². The average Bonchev–Trinajstić information content (AvgIpc) is 2.56. The molecule has 1 aliphatic heterocycles. The zero-order valence-electron chi connectivity index (χ0n) is 14.8. The number of halogens is 3. The van der Waals surface area contributed by atoms with Crippen LogP contribution in [0.25, 0.3) is 0 Å². The van der Waals surface area contributed by atoms with E-state index in [0.29, 0.717) is 9.80 Å². The molecule has 1 heterocycles. The molecule has 8 nitrogen and oxygen atoms in total. The van der Waals surface area contributed by atoms with E-state index < -0.39 is 41.1 Å². The molecular weight excluding hydrogens is 371 g/mol. The predicted molar refractivity (Wildman–Crippen MR) is 84.4 cm³/mol. The maximum atomic E-state index is 12.9. The van der Waals surface area contributed by atoms with Crippen LogP contribution in [0.5, 0.6) is 5.75 Å². The fourth-order valence-electron chi connectivity index (χ4n) is 2.74. The van der Waals surface area contributed by atoms with Gasteiger partial charge in [0.05, 0.1) is 5.56 Å². The van der Waals surface area contributed by atoms with Gasteiger partial charge >= 0.3 is 17.8 Å². The van der Waals surface area contributed by atoms with Crippen molar-refractivity contribution in [1.29, 1.82) is 0 Å². The lowest BCUT2D eigenvalue weighted by molar-refractivity contribution is -0.168. The lowest BCUT2D eigenvalue weighted by atomic mass is 9.96. The van der Waals surface area contributed by atoms with Crippen LogP contribution >= 0.6 is 0 Å². The highest BCUT2D eigenvalue weighted by molar-refractivity contribution is 6.33. The number of likely N-dealkylation sites (N-methyl/N-ethyl adjacent to an activating group) is 2. The van der Waals surface area contributed by atoms with Crippen molar-refractivity contribution in [3.63, 3.8) is 0 Å². The molecule has 0 bridgehead atoms. The highest BCUT2D eigenvalue weighted by Crippen LogP contribution is 2.37. The van der Waals surface area contributed by atoms with Gasteiger partial charge in [0.1, 0.15) is 5.75 Å². The van der Waals surface area contributed by atoms with Crippen LogP contribution in [0.15, 0.2) is 12.1 Å². The summed E-state index contributed by atoms with van der Waals surface area (Å²) < 4.78 is 44.2. The Balaban J connectivity index is 2.64. The number of hydrogen-bond donors (Lipinski definition) is 1. The second-order valence-electron chi connectivity index (χ2n) is 6.10. The molecule has 0 radical (unpaired) electrons. The van der Waals surface area contributed by atoms with Crippen LogP contribution in [0, 0.1) is 13.8 Å². The molecule has 1 aromatic carbocycles. The molecule has 2 N–H and O–H groups in total. The standard InChI is InChI=1S/C16H16F3N3O5/c1-7-5-9(16(17,18)19)6-8(2)10(7)27-15(11(20)23)12(24)21(3)14(26)22(4)13(15)25/h5-6H,1-4H3,(H2,20,23). The monoisotopic (exact) mass is 387 g/mol. The molecule has 11 heteroatoms. The van der Waals surface area contributed by atoms with E-state index in [1.54, 1.807) is 0 Å². The van der Waals surface area contributed by atoms with Crippen LogP contribution in [0.4, 0.5) is 18.0 Å². The first-order chi connectivity index (χ1) is 12.2. The molecule has 27 heavy (non-hydrogen) atoms. The minimum atomic E-state index is -4.63. The Morgan fingerprint density at radius 2 is 1.44 bits per heavy atom. The van der Waals surface area contributed by atoms with E-state index in [1.807, 2.05) is 0 Å². The molecule has 0 atom stereocenters. The van der Waals surface area contributed by atoms with E-state index >= 15 is 0 Å². The van der Waals surface area contributed by atoms with Crippen molar-refractivity contribution in [2.24, 2.45) is 5.73 Å². The lowest BCUT2D eigenvalue weighted by Gasteiger charge is -2.39. The maximum absolute atomic E-state index is 12.9. The van der Waals surface area contributed by atoms with E-state index in [9.17, 15) is 32.3 Å². The number of carbonyl (C=O) groups is 4. The number of benzene rings is 1. The highest BCUT2D eigenvalue weighted by atomic mass is 19.4. The van der Waals surface area contributed by atoms with Crippen molar-refractivity contribution in [1.82, 2.24) is 9.80 Å². The number of aryl methyl sites for hydroxylation is 2. The Morgan fingerprint density at radius 3 is 1.78 bits per heavy atom. The van der Waals surface area contributed by atoms with Crippen molar-refractivity contribution in [2.75, 3.05) is 14.1 Å². The van der Waals surface area contributed by atoms with Gasteiger partial charge in [-0.05, 0) is 37.1 Å². The average molecular weight is 387 g/mol. The number of primary amides is 1. The van der Waals surface area contributed by atoms with Crippen LogP contribution < -0.4 is 10.5 Å². The molecule has 146 valence electrons. The molecule has 1 saturated heterocycles. The number of barbiturate groups is 1. The van der Waals surface area contributed by atoms with Crippen molar-refractivity contribution in [3.8, 4) is 5.75 Å². The Hall–Kier alpha value is -3.11.